The zero-order chi connectivity index (χ0) is 44.7. The Labute approximate surface area is 337 Å². The number of carboxylic acids is 1. The number of nitrogens with two attached hydrogens (primary N) is 3. The first-order valence-electron chi connectivity index (χ1n) is 19.1. The fraction of sp³-hybridized carbons (Fsp3) is 0.743. The summed E-state index contributed by atoms with van der Waals surface area (Å²) in [6.45, 7) is 5.61. The molecule has 0 saturated carbocycles. The summed E-state index contributed by atoms with van der Waals surface area (Å²) in [5.74, 6) is -9.35. The maximum absolute atomic E-state index is 13.5. The number of aliphatic carboxylic acids is 1. The molecule has 8 amide bonds. The SMILES string of the molecule is CC[C@H](C)[C@H](NC(=O)[C@H](CC(C)C)NC(=O)[C@H](CO)NC(=O)[C@H](CO)NC(=O)[C@H](CCCCN)NC(=O)[C@H](CCC(N)=O)NC(=O)[C@@H](N)CO)C(=O)N[C@@H](C)C(=O)O. The van der Waals surface area contributed by atoms with Crippen LogP contribution in [0.15, 0.2) is 0 Å². The van der Waals surface area contributed by atoms with Crippen LogP contribution < -0.4 is 54.4 Å². The fourth-order valence-corrected chi connectivity index (χ4v) is 5.18. The third kappa shape index (κ3) is 19.5. The van der Waals surface area contributed by atoms with Gasteiger partial charge in [0.05, 0.1) is 19.8 Å². The van der Waals surface area contributed by atoms with E-state index in [1.807, 2.05) is 0 Å². The van der Waals surface area contributed by atoms with E-state index in [0.29, 0.717) is 19.3 Å². The molecule has 0 aromatic carbocycles. The summed E-state index contributed by atoms with van der Waals surface area (Å²) in [7, 11) is 0. The highest BCUT2D eigenvalue weighted by Crippen LogP contribution is 2.12. The average molecular weight is 833 g/mol. The van der Waals surface area contributed by atoms with Gasteiger partial charge in [-0.3, -0.25) is 43.2 Å². The van der Waals surface area contributed by atoms with Gasteiger partial charge in [0.25, 0.3) is 0 Å². The summed E-state index contributed by atoms with van der Waals surface area (Å²) in [6, 6.07) is -11.4. The number of rotatable bonds is 29. The van der Waals surface area contributed by atoms with Gasteiger partial charge < -0.3 is 74.8 Å². The molecule has 0 aliphatic heterocycles. The van der Waals surface area contributed by atoms with Crippen LogP contribution in [0.25, 0.3) is 0 Å². The number of amides is 8. The third-order valence-electron chi connectivity index (χ3n) is 8.92. The number of aliphatic hydroxyl groups is 3. The fourth-order valence-electron chi connectivity index (χ4n) is 5.18. The molecule has 9 atom stereocenters. The molecule has 0 aliphatic carbocycles. The number of aliphatic hydroxyl groups excluding tert-OH is 3. The second-order valence-corrected chi connectivity index (χ2v) is 14.3. The molecule has 0 aromatic heterocycles. The Balaban J connectivity index is 6.09. The van der Waals surface area contributed by atoms with Crippen LogP contribution in [0.3, 0.4) is 0 Å². The van der Waals surface area contributed by atoms with Gasteiger partial charge in [-0.05, 0) is 57.4 Å². The maximum atomic E-state index is 13.5. The lowest BCUT2D eigenvalue weighted by Crippen LogP contribution is -2.61. The second-order valence-electron chi connectivity index (χ2n) is 14.3. The van der Waals surface area contributed by atoms with Crippen molar-refractivity contribution in [3.05, 3.63) is 0 Å². The lowest BCUT2D eigenvalue weighted by atomic mass is 9.96. The minimum absolute atomic E-state index is 0.0396. The van der Waals surface area contributed by atoms with Gasteiger partial charge in [0.1, 0.15) is 48.3 Å². The van der Waals surface area contributed by atoms with Gasteiger partial charge in [-0.2, -0.15) is 0 Å². The minimum atomic E-state index is -1.74. The van der Waals surface area contributed by atoms with Crippen LogP contribution in [-0.2, 0) is 43.2 Å². The Hall–Kier alpha value is -4.97. The molecule has 0 aliphatic rings. The number of carbonyl (C=O) groups excluding carboxylic acids is 8. The summed E-state index contributed by atoms with van der Waals surface area (Å²) in [4.78, 5) is 115. The smallest absolute Gasteiger partial charge is 0.325 e. The summed E-state index contributed by atoms with van der Waals surface area (Å²) in [6.07, 6.45) is 0.469. The van der Waals surface area contributed by atoms with Crippen LogP contribution in [0.5, 0.6) is 0 Å². The minimum Gasteiger partial charge on any atom is -0.480 e. The van der Waals surface area contributed by atoms with Gasteiger partial charge in [-0.15, -0.1) is 0 Å². The van der Waals surface area contributed by atoms with Crippen molar-refractivity contribution in [3.8, 4) is 0 Å². The van der Waals surface area contributed by atoms with Crippen LogP contribution in [0.1, 0.15) is 79.6 Å². The van der Waals surface area contributed by atoms with Crippen molar-refractivity contribution in [1.29, 1.82) is 0 Å². The highest BCUT2D eigenvalue weighted by Gasteiger charge is 2.35. The zero-order valence-corrected chi connectivity index (χ0v) is 33.7. The van der Waals surface area contributed by atoms with Gasteiger partial charge in [0.2, 0.25) is 47.3 Å². The molecular weight excluding hydrogens is 768 g/mol. The first-order valence-corrected chi connectivity index (χ1v) is 19.1. The Morgan fingerprint density at radius 1 is 0.569 bits per heavy atom. The highest BCUT2D eigenvalue weighted by atomic mass is 16.4. The van der Waals surface area contributed by atoms with Gasteiger partial charge in [0.15, 0.2) is 0 Å². The van der Waals surface area contributed by atoms with Crippen molar-refractivity contribution in [2.45, 2.75) is 128 Å². The summed E-state index contributed by atoms with van der Waals surface area (Å²) in [5, 5.41) is 55.0. The van der Waals surface area contributed by atoms with E-state index in [0.717, 1.165) is 0 Å². The monoisotopic (exact) mass is 832 g/mol. The summed E-state index contributed by atoms with van der Waals surface area (Å²) < 4.78 is 0. The molecular formula is C35H64N10O13. The van der Waals surface area contributed by atoms with Crippen LogP contribution in [0, 0.1) is 11.8 Å². The van der Waals surface area contributed by atoms with Crippen molar-refractivity contribution in [3.63, 3.8) is 0 Å². The third-order valence-corrected chi connectivity index (χ3v) is 8.92. The van der Waals surface area contributed by atoms with Crippen molar-refractivity contribution >= 4 is 53.2 Å². The summed E-state index contributed by atoms with van der Waals surface area (Å²) >= 11 is 0. The molecule has 23 nitrogen and oxygen atoms in total. The van der Waals surface area contributed by atoms with E-state index in [1.54, 1.807) is 27.7 Å². The molecule has 0 saturated heterocycles. The van der Waals surface area contributed by atoms with E-state index in [9.17, 15) is 63.6 Å². The molecule has 58 heavy (non-hydrogen) atoms. The largest absolute Gasteiger partial charge is 0.480 e. The molecule has 17 N–H and O–H groups in total. The van der Waals surface area contributed by atoms with Crippen molar-refractivity contribution in [1.82, 2.24) is 37.2 Å². The average Bonchev–Trinajstić information content (AvgIpc) is 3.17. The Kier molecular flexibility index (Phi) is 25.3. The zero-order valence-electron chi connectivity index (χ0n) is 33.7. The van der Waals surface area contributed by atoms with Gasteiger partial charge in [-0.1, -0.05) is 34.1 Å². The predicted octanol–water partition coefficient (Wildman–Crippen LogP) is -5.72. The molecule has 0 spiro atoms. The van der Waals surface area contributed by atoms with Gasteiger partial charge >= 0.3 is 5.97 Å². The van der Waals surface area contributed by atoms with Crippen molar-refractivity contribution in [2.75, 3.05) is 26.4 Å². The summed E-state index contributed by atoms with van der Waals surface area (Å²) in [5.41, 5.74) is 16.3. The standard InChI is InChI=1S/C35H64N10O13/c1-6-18(4)27(34(56)39-19(5)35(57)58)45-31(53)23(13-17(2)3)42-32(54)24(15-47)44-33(55)25(16-48)43-29(51)21(9-7-8-12-36)41-30(52)22(10-11-26(38)49)40-28(50)20(37)14-46/h17-25,27,46-48H,6-16,36-37H2,1-5H3,(H2,38,49)(H,39,56)(H,40,50)(H,41,52)(H,42,54)(H,43,51)(H,44,55)(H,45,53)(H,57,58)/t18-,19-,20-,21-,22-,23-,24-,25-,27-/m0/s1. The number of unbranched alkanes of at least 4 members (excludes halogenated alkanes) is 1. The Morgan fingerprint density at radius 3 is 1.45 bits per heavy atom. The van der Waals surface area contributed by atoms with Gasteiger partial charge in [-0.25, -0.2) is 0 Å². The number of nitrogens with one attached hydrogen (secondary N) is 7. The molecule has 23 heteroatoms. The lowest BCUT2D eigenvalue weighted by Gasteiger charge is -2.29. The van der Waals surface area contributed by atoms with E-state index in [4.69, 9.17) is 17.2 Å². The van der Waals surface area contributed by atoms with E-state index in [2.05, 4.69) is 37.2 Å². The first-order chi connectivity index (χ1) is 27.2. The van der Waals surface area contributed by atoms with Crippen molar-refractivity contribution < 1.29 is 63.6 Å². The second kappa shape index (κ2) is 27.6. The first kappa shape index (κ1) is 53.0. The van der Waals surface area contributed by atoms with Gasteiger partial charge in [0, 0.05) is 6.42 Å². The van der Waals surface area contributed by atoms with E-state index >= 15 is 0 Å². The van der Waals surface area contributed by atoms with Crippen LogP contribution in [0.4, 0.5) is 0 Å². The van der Waals surface area contributed by atoms with Crippen molar-refractivity contribution in [2.24, 2.45) is 29.0 Å². The van der Waals surface area contributed by atoms with Crippen LogP contribution >= 0.6 is 0 Å². The quantitative estimate of drug-likeness (QED) is 0.0312. The predicted molar refractivity (Wildman–Crippen MR) is 206 cm³/mol. The number of primary amides is 1. The topological polar surface area (TPSA) is 397 Å². The molecule has 0 heterocycles. The van der Waals surface area contributed by atoms with Crippen LogP contribution in [-0.4, -0.2) is 148 Å². The Bertz CT molecular complexity index is 1400. The van der Waals surface area contributed by atoms with Crippen LogP contribution in [0.2, 0.25) is 0 Å². The normalized spacial score (nSPS) is 15.8. The van der Waals surface area contributed by atoms with E-state index < -0.39 is 127 Å². The molecule has 0 unspecified atom stereocenters. The molecule has 0 bridgehead atoms. The van der Waals surface area contributed by atoms with E-state index in [1.165, 1.54) is 6.92 Å². The van der Waals surface area contributed by atoms with E-state index in [-0.39, 0.29) is 38.1 Å². The molecule has 0 aromatic rings. The number of hydrogen-bond donors (Lipinski definition) is 14. The molecule has 0 radical (unpaired) electrons. The molecule has 0 fully saturated rings. The molecule has 0 rings (SSSR count). The number of hydrogen-bond acceptors (Lipinski definition) is 14. The maximum Gasteiger partial charge on any atom is 0.325 e. The molecule has 332 valence electrons. The highest BCUT2D eigenvalue weighted by molar-refractivity contribution is 5.97. The Morgan fingerprint density at radius 2 is 1.02 bits per heavy atom. The number of carboxylic acid groups (broad SMARTS) is 1. The lowest BCUT2D eigenvalue weighted by molar-refractivity contribution is -0.142. The number of carbonyl (C=O) groups is 9.